The number of halogens is 2. The highest BCUT2D eigenvalue weighted by atomic mass is 35.5. The van der Waals surface area contributed by atoms with Gasteiger partial charge >= 0.3 is 0 Å². The zero-order chi connectivity index (χ0) is 20.1. The molecule has 7 nitrogen and oxygen atoms in total. The average Bonchev–Trinajstić information content (AvgIpc) is 3.14. The van der Waals surface area contributed by atoms with Gasteiger partial charge in [0.25, 0.3) is 5.91 Å². The molecule has 0 radical (unpaired) electrons. The predicted octanol–water partition coefficient (Wildman–Crippen LogP) is 2.92. The summed E-state index contributed by atoms with van der Waals surface area (Å²) in [5.74, 6) is 0.271. The van der Waals surface area contributed by atoms with E-state index in [1.807, 2.05) is 13.8 Å². The lowest BCUT2D eigenvalue weighted by Gasteiger charge is -2.31. The van der Waals surface area contributed by atoms with Crippen molar-refractivity contribution in [3.05, 3.63) is 41.7 Å². The Kier molecular flexibility index (Phi) is 8.55. The molecule has 0 atom stereocenters. The van der Waals surface area contributed by atoms with Crippen molar-refractivity contribution in [3.63, 3.8) is 0 Å². The van der Waals surface area contributed by atoms with Crippen LogP contribution in [-0.4, -0.2) is 57.9 Å². The molecule has 1 aliphatic heterocycles. The van der Waals surface area contributed by atoms with Gasteiger partial charge in [-0.2, -0.15) is 0 Å². The molecule has 3 rings (SSSR count). The number of carbonyl (C=O) groups excluding carboxylic acids is 1. The van der Waals surface area contributed by atoms with Crippen molar-refractivity contribution in [1.82, 2.24) is 19.7 Å². The van der Waals surface area contributed by atoms with Gasteiger partial charge in [0.2, 0.25) is 5.82 Å². The normalized spacial score (nSPS) is 14.9. The second-order valence-corrected chi connectivity index (χ2v) is 7.34. The zero-order valence-corrected chi connectivity index (χ0v) is 17.7. The number of hydrogen-bond acceptors (Lipinski definition) is 5. The van der Waals surface area contributed by atoms with E-state index in [2.05, 4.69) is 10.1 Å². The third-order valence-corrected chi connectivity index (χ3v) is 4.82. The first-order valence-corrected chi connectivity index (χ1v) is 9.83. The van der Waals surface area contributed by atoms with Crippen LogP contribution in [0.3, 0.4) is 0 Å². The summed E-state index contributed by atoms with van der Waals surface area (Å²) >= 11 is 0. The van der Waals surface area contributed by atoms with Crippen LogP contribution in [0.1, 0.15) is 55.5 Å². The lowest BCUT2D eigenvalue weighted by molar-refractivity contribution is 0.00812. The molecule has 0 saturated carbocycles. The molecule has 9 heteroatoms. The number of piperidine rings is 1. The van der Waals surface area contributed by atoms with Crippen molar-refractivity contribution in [3.8, 4) is 5.69 Å². The van der Waals surface area contributed by atoms with Crippen LogP contribution in [0, 0.1) is 5.82 Å². The maximum absolute atomic E-state index is 13.6. The summed E-state index contributed by atoms with van der Waals surface area (Å²) in [6.45, 7) is 6.44. The Labute approximate surface area is 176 Å². The van der Waals surface area contributed by atoms with E-state index in [0.29, 0.717) is 37.8 Å². The Morgan fingerprint density at radius 2 is 2.07 bits per heavy atom. The summed E-state index contributed by atoms with van der Waals surface area (Å²) in [4.78, 5) is 19.1. The molecule has 0 unspecified atom stereocenters. The molecule has 2 aromatic rings. The van der Waals surface area contributed by atoms with Crippen LogP contribution in [0.25, 0.3) is 5.69 Å². The highest BCUT2D eigenvalue weighted by Crippen LogP contribution is 2.20. The van der Waals surface area contributed by atoms with E-state index in [1.54, 1.807) is 21.7 Å². The van der Waals surface area contributed by atoms with E-state index in [4.69, 9.17) is 10.5 Å². The van der Waals surface area contributed by atoms with Crippen molar-refractivity contribution in [2.24, 2.45) is 5.73 Å². The number of likely N-dealkylation sites (tertiary alicyclic amines) is 1. The monoisotopic (exact) mass is 425 g/mol. The number of nitrogens with zero attached hydrogens (tertiary/aromatic N) is 4. The molecule has 0 aliphatic carbocycles. The molecular weight excluding hydrogens is 397 g/mol. The highest BCUT2D eigenvalue weighted by Gasteiger charge is 2.28. The number of nitrogens with two attached hydrogens (primary N) is 1. The van der Waals surface area contributed by atoms with Crippen molar-refractivity contribution in [1.29, 1.82) is 0 Å². The Hall–Kier alpha value is -2.03. The van der Waals surface area contributed by atoms with Crippen LogP contribution in [-0.2, 0) is 4.74 Å². The van der Waals surface area contributed by atoms with Crippen LogP contribution < -0.4 is 5.73 Å². The summed E-state index contributed by atoms with van der Waals surface area (Å²) in [5, 5.41) is 4.40. The van der Waals surface area contributed by atoms with Gasteiger partial charge < -0.3 is 15.4 Å². The van der Waals surface area contributed by atoms with Gasteiger partial charge in [0, 0.05) is 25.6 Å². The van der Waals surface area contributed by atoms with Gasteiger partial charge in [0.15, 0.2) is 0 Å². The largest absolute Gasteiger partial charge is 0.378 e. The fourth-order valence-corrected chi connectivity index (χ4v) is 3.29. The fraction of sp³-hybridized carbons (Fsp3) is 0.550. The predicted molar refractivity (Wildman–Crippen MR) is 111 cm³/mol. The molecule has 160 valence electrons. The minimum absolute atomic E-state index is 0. The summed E-state index contributed by atoms with van der Waals surface area (Å²) in [6, 6.07) is 6.13. The van der Waals surface area contributed by atoms with E-state index in [9.17, 15) is 9.18 Å². The lowest BCUT2D eigenvalue weighted by Crippen LogP contribution is -2.41. The summed E-state index contributed by atoms with van der Waals surface area (Å²) < 4.78 is 21.0. The molecule has 2 heterocycles. The van der Waals surface area contributed by atoms with Crippen LogP contribution in [0.15, 0.2) is 24.3 Å². The quantitative estimate of drug-likeness (QED) is 0.689. The number of carbonyl (C=O) groups is 1. The third-order valence-electron chi connectivity index (χ3n) is 4.82. The van der Waals surface area contributed by atoms with Crippen molar-refractivity contribution in [2.45, 2.75) is 45.1 Å². The molecule has 0 spiro atoms. The number of amides is 1. The topological polar surface area (TPSA) is 86.3 Å². The number of rotatable bonds is 7. The molecular formula is C20H29ClFN5O2. The molecule has 1 saturated heterocycles. The molecule has 1 amide bonds. The van der Waals surface area contributed by atoms with Crippen molar-refractivity contribution in [2.75, 3.05) is 26.2 Å². The fourth-order valence-electron chi connectivity index (χ4n) is 3.29. The standard InChI is InChI=1S/C20H28FN5O2.ClH/c1-14(2)19-23-18(24-26(19)16-6-3-5-15(21)13-16)20(27)25-10-7-17(8-11-25)28-12-4-9-22;/h3,5-6,13-14,17H,4,7-12,22H2,1-2H3;1H. The Morgan fingerprint density at radius 1 is 1.34 bits per heavy atom. The van der Waals surface area contributed by atoms with Crippen LogP contribution in [0.4, 0.5) is 4.39 Å². The highest BCUT2D eigenvalue weighted by molar-refractivity contribution is 5.90. The van der Waals surface area contributed by atoms with Gasteiger partial charge in [-0.1, -0.05) is 19.9 Å². The minimum Gasteiger partial charge on any atom is -0.378 e. The molecule has 1 aliphatic rings. The summed E-state index contributed by atoms with van der Waals surface area (Å²) in [5.41, 5.74) is 6.04. The van der Waals surface area contributed by atoms with Crippen LogP contribution in [0.2, 0.25) is 0 Å². The first-order chi connectivity index (χ1) is 13.5. The Morgan fingerprint density at radius 3 is 2.69 bits per heavy atom. The summed E-state index contributed by atoms with van der Waals surface area (Å²) in [7, 11) is 0. The van der Waals surface area contributed by atoms with Gasteiger partial charge in [0.05, 0.1) is 11.8 Å². The Bertz CT molecular complexity index is 806. The molecule has 1 aromatic heterocycles. The number of aromatic nitrogens is 3. The number of benzene rings is 1. The maximum Gasteiger partial charge on any atom is 0.293 e. The molecule has 29 heavy (non-hydrogen) atoms. The molecule has 1 aromatic carbocycles. The molecule has 0 bridgehead atoms. The summed E-state index contributed by atoms with van der Waals surface area (Å²) in [6.07, 6.45) is 2.59. The molecule has 1 fully saturated rings. The third kappa shape index (κ3) is 5.74. The lowest BCUT2D eigenvalue weighted by atomic mass is 10.1. The smallest absolute Gasteiger partial charge is 0.293 e. The minimum atomic E-state index is -0.354. The van der Waals surface area contributed by atoms with E-state index in [0.717, 1.165) is 19.3 Å². The first kappa shape index (κ1) is 23.3. The van der Waals surface area contributed by atoms with Crippen molar-refractivity contribution < 1.29 is 13.9 Å². The van der Waals surface area contributed by atoms with Gasteiger partial charge in [-0.3, -0.25) is 4.79 Å². The Balaban J connectivity index is 0.00000300. The van der Waals surface area contributed by atoms with Crippen LogP contribution >= 0.6 is 12.4 Å². The van der Waals surface area contributed by atoms with E-state index >= 15 is 0 Å². The van der Waals surface area contributed by atoms with E-state index in [-0.39, 0.29) is 42.0 Å². The number of hydrogen-bond donors (Lipinski definition) is 1. The second kappa shape index (κ2) is 10.7. The van der Waals surface area contributed by atoms with Gasteiger partial charge in [-0.15, -0.1) is 17.5 Å². The van der Waals surface area contributed by atoms with Crippen molar-refractivity contribution >= 4 is 18.3 Å². The maximum atomic E-state index is 13.6. The van der Waals surface area contributed by atoms with Crippen LogP contribution in [0.5, 0.6) is 0 Å². The number of ether oxygens (including phenoxy) is 1. The zero-order valence-electron chi connectivity index (χ0n) is 16.9. The molecule has 2 N–H and O–H groups in total. The second-order valence-electron chi connectivity index (χ2n) is 7.34. The SMILES string of the molecule is CC(C)c1nc(C(=O)N2CCC(OCCCN)CC2)nn1-c1cccc(F)c1.Cl. The van der Waals surface area contributed by atoms with Gasteiger partial charge in [-0.25, -0.2) is 14.1 Å². The first-order valence-electron chi connectivity index (χ1n) is 9.83. The van der Waals surface area contributed by atoms with E-state index in [1.165, 1.54) is 12.1 Å². The van der Waals surface area contributed by atoms with Gasteiger partial charge in [-0.05, 0) is 44.0 Å². The average molecular weight is 426 g/mol. The van der Waals surface area contributed by atoms with Gasteiger partial charge in [0.1, 0.15) is 11.6 Å². The van der Waals surface area contributed by atoms with E-state index < -0.39 is 0 Å².